The van der Waals surface area contributed by atoms with Gasteiger partial charge in [-0.2, -0.15) is 0 Å². The number of fused-ring (bicyclic) bond motifs is 2. The van der Waals surface area contributed by atoms with E-state index in [1.54, 1.807) is 11.3 Å². The van der Waals surface area contributed by atoms with Crippen LogP contribution in [0.25, 0.3) is 11.3 Å². The van der Waals surface area contributed by atoms with E-state index in [9.17, 15) is 4.79 Å². The first kappa shape index (κ1) is 17.7. The fraction of sp³-hybridized carbons (Fsp3) is 0.524. The lowest BCUT2D eigenvalue weighted by Gasteiger charge is -2.28. The van der Waals surface area contributed by atoms with Crippen LogP contribution in [-0.2, 0) is 11.2 Å². The minimum atomic E-state index is 0.202. The van der Waals surface area contributed by atoms with Gasteiger partial charge in [0.25, 0.3) is 0 Å². The smallest absolute Gasteiger partial charge is 0.220 e. The Morgan fingerprint density at radius 2 is 1.96 bits per heavy atom. The van der Waals surface area contributed by atoms with Crippen LogP contribution < -0.4 is 10.6 Å². The molecule has 1 amide bonds. The molecule has 2 unspecified atom stereocenters. The maximum atomic E-state index is 12.3. The van der Waals surface area contributed by atoms with Crippen LogP contribution >= 0.6 is 11.3 Å². The second-order valence-corrected chi connectivity index (χ2v) is 8.95. The molecule has 2 saturated heterocycles. The number of carbonyl (C=O) groups is 1. The fourth-order valence-electron chi connectivity index (χ4n) is 4.41. The van der Waals surface area contributed by atoms with Crippen LogP contribution in [0, 0.1) is 12.8 Å². The molecule has 2 bridgehead atoms. The van der Waals surface area contributed by atoms with Gasteiger partial charge in [-0.25, -0.2) is 4.98 Å². The number of benzene rings is 1. The molecule has 2 atom stereocenters. The number of nitrogens with one attached hydrogen (secondary N) is 2. The maximum absolute atomic E-state index is 12.3. The normalized spacial score (nSPS) is 24.6. The summed E-state index contributed by atoms with van der Waals surface area (Å²) in [5, 5.41) is 7.84. The van der Waals surface area contributed by atoms with E-state index < -0.39 is 0 Å². The average Bonchev–Trinajstić information content (AvgIpc) is 3.17. The minimum Gasteiger partial charge on any atom is -0.356 e. The van der Waals surface area contributed by atoms with Gasteiger partial charge in [0.05, 0.1) is 10.7 Å². The van der Waals surface area contributed by atoms with Gasteiger partial charge in [-0.1, -0.05) is 30.3 Å². The topological polar surface area (TPSA) is 54.0 Å². The maximum Gasteiger partial charge on any atom is 0.220 e. The minimum absolute atomic E-state index is 0.202. The third-order valence-electron chi connectivity index (χ3n) is 5.59. The molecule has 2 aliphatic rings. The Hall–Kier alpha value is -1.72. The van der Waals surface area contributed by atoms with E-state index in [2.05, 4.69) is 29.7 Å². The van der Waals surface area contributed by atoms with Crippen molar-refractivity contribution in [3.63, 3.8) is 0 Å². The summed E-state index contributed by atoms with van der Waals surface area (Å²) in [4.78, 5) is 18.3. The zero-order valence-electron chi connectivity index (χ0n) is 15.3. The lowest BCUT2D eigenvalue weighted by atomic mass is 9.89. The Kier molecular flexibility index (Phi) is 5.36. The fourth-order valence-corrected chi connectivity index (χ4v) is 5.36. The highest BCUT2D eigenvalue weighted by molar-refractivity contribution is 7.12. The predicted octanol–water partition coefficient (Wildman–Crippen LogP) is 3.70. The highest BCUT2D eigenvalue weighted by Crippen LogP contribution is 2.32. The third kappa shape index (κ3) is 4.15. The van der Waals surface area contributed by atoms with Crippen molar-refractivity contribution in [3.05, 3.63) is 40.2 Å². The second-order valence-electron chi connectivity index (χ2n) is 7.66. The number of nitrogens with zero attached hydrogens (tertiary/aromatic N) is 1. The molecule has 0 saturated carbocycles. The molecule has 2 aliphatic heterocycles. The summed E-state index contributed by atoms with van der Waals surface area (Å²) in [6.07, 6.45) is 6.39. The van der Waals surface area contributed by atoms with E-state index in [-0.39, 0.29) is 5.91 Å². The largest absolute Gasteiger partial charge is 0.356 e. The number of piperidine rings is 1. The van der Waals surface area contributed by atoms with Gasteiger partial charge in [0.15, 0.2) is 0 Å². The van der Waals surface area contributed by atoms with Gasteiger partial charge in [-0.3, -0.25) is 4.79 Å². The number of thiazole rings is 1. The first-order chi connectivity index (χ1) is 12.7. The van der Waals surface area contributed by atoms with Crippen molar-refractivity contribution < 1.29 is 4.79 Å². The predicted molar refractivity (Wildman–Crippen MR) is 106 cm³/mol. The lowest BCUT2D eigenvalue weighted by Crippen LogP contribution is -2.39. The molecule has 0 radical (unpaired) electrons. The first-order valence-electron chi connectivity index (χ1n) is 9.72. The molecule has 1 aromatic heterocycles. The van der Waals surface area contributed by atoms with Crippen molar-refractivity contribution in [2.24, 2.45) is 5.92 Å². The summed E-state index contributed by atoms with van der Waals surface area (Å²) in [5.74, 6) is 0.758. The van der Waals surface area contributed by atoms with Crippen molar-refractivity contribution >= 4 is 17.2 Å². The quantitative estimate of drug-likeness (QED) is 0.816. The molecule has 26 heavy (non-hydrogen) atoms. The molecule has 5 heteroatoms. The Labute approximate surface area is 159 Å². The van der Waals surface area contributed by atoms with Gasteiger partial charge in [0, 0.05) is 41.9 Å². The molecular formula is C21H27N3OS. The molecular weight excluding hydrogens is 342 g/mol. The van der Waals surface area contributed by atoms with Crippen molar-refractivity contribution in [2.75, 3.05) is 6.54 Å². The van der Waals surface area contributed by atoms with Crippen molar-refractivity contribution in [1.82, 2.24) is 15.6 Å². The number of carbonyl (C=O) groups excluding carboxylic acids is 1. The highest BCUT2D eigenvalue weighted by Gasteiger charge is 2.34. The third-order valence-corrected chi connectivity index (χ3v) is 6.62. The summed E-state index contributed by atoms with van der Waals surface area (Å²) < 4.78 is 0. The van der Waals surface area contributed by atoms with E-state index in [1.165, 1.54) is 17.7 Å². The zero-order valence-corrected chi connectivity index (χ0v) is 16.1. The lowest BCUT2D eigenvalue weighted by molar-refractivity contribution is -0.122. The average molecular weight is 370 g/mol. The molecule has 2 aromatic rings. The summed E-state index contributed by atoms with van der Waals surface area (Å²) in [7, 11) is 0. The number of aryl methyl sites for hydroxylation is 1. The van der Waals surface area contributed by atoms with Crippen LogP contribution in [0.5, 0.6) is 0 Å². The molecule has 4 rings (SSSR count). The Balaban J connectivity index is 1.25. The van der Waals surface area contributed by atoms with E-state index in [4.69, 9.17) is 4.98 Å². The molecule has 2 fully saturated rings. The molecule has 138 valence electrons. The molecule has 1 aromatic carbocycles. The zero-order chi connectivity index (χ0) is 17.9. The van der Waals surface area contributed by atoms with Gasteiger partial charge in [0.1, 0.15) is 0 Å². The van der Waals surface area contributed by atoms with Crippen LogP contribution in [0.2, 0.25) is 0 Å². The van der Waals surface area contributed by atoms with Crippen molar-refractivity contribution in [3.8, 4) is 11.3 Å². The van der Waals surface area contributed by atoms with Crippen LogP contribution in [-0.4, -0.2) is 29.5 Å². The van der Waals surface area contributed by atoms with E-state index in [0.717, 1.165) is 35.5 Å². The monoisotopic (exact) mass is 369 g/mol. The van der Waals surface area contributed by atoms with E-state index in [1.807, 2.05) is 18.2 Å². The van der Waals surface area contributed by atoms with Gasteiger partial charge >= 0.3 is 0 Å². The van der Waals surface area contributed by atoms with Crippen molar-refractivity contribution in [2.45, 2.75) is 57.5 Å². The van der Waals surface area contributed by atoms with Crippen LogP contribution in [0.4, 0.5) is 0 Å². The standard InChI is InChI=1S/C21H27N3OS/c1-14-21(16-5-3-2-4-6-16)24-20(26-14)9-10-22-19(25)13-15-11-17-7-8-18(12-15)23-17/h2-6,15,17-18,23H,7-13H2,1H3,(H,22,25). The van der Waals surface area contributed by atoms with Crippen LogP contribution in [0.3, 0.4) is 0 Å². The molecule has 0 aliphatic carbocycles. The first-order valence-corrected chi connectivity index (χ1v) is 10.5. The molecule has 3 heterocycles. The molecule has 4 nitrogen and oxygen atoms in total. The Morgan fingerprint density at radius 3 is 2.69 bits per heavy atom. The number of hydrogen-bond acceptors (Lipinski definition) is 4. The van der Waals surface area contributed by atoms with Crippen molar-refractivity contribution in [1.29, 1.82) is 0 Å². The summed E-state index contributed by atoms with van der Waals surface area (Å²) in [6.45, 7) is 2.80. The number of hydrogen-bond donors (Lipinski definition) is 2. The van der Waals surface area contributed by atoms with E-state index >= 15 is 0 Å². The summed E-state index contributed by atoms with van der Waals surface area (Å²) in [5.41, 5.74) is 2.24. The van der Waals surface area contributed by atoms with Crippen LogP contribution in [0.15, 0.2) is 30.3 Å². The summed E-state index contributed by atoms with van der Waals surface area (Å²) >= 11 is 1.73. The number of amides is 1. The number of aromatic nitrogens is 1. The van der Waals surface area contributed by atoms with Crippen LogP contribution in [0.1, 0.15) is 42.0 Å². The van der Waals surface area contributed by atoms with Gasteiger partial charge < -0.3 is 10.6 Å². The van der Waals surface area contributed by atoms with Gasteiger partial charge in [0.2, 0.25) is 5.91 Å². The second kappa shape index (κ2) is 7.89. The Morgan fingerprint density at radius 1 is 1.23 bits per heavy atom. The van der Waals surface area contributed by atoms with Gasteiger partial charge in [-0.05, 0) is 38.5 Å². The molecule has 2 N–H and O–H groups in total. The Bertz CT molecular complexity index is 746. The number of rotatable bonds is 6. The highest BCUT2D eigenvalue weighted by atomic mass is 32.1. The summed E-state index contributed by atoms with van der Waals surface area (Å²) in [6, 6.07) is 11.6. The van der Waals surface area contributed by atoms with E-state index in [0.29, 0.717) is 31.0 Å². The van der Waals surface area contributed by atoms with Gasteiger partial charge in [-0.15, -0.1) is 11.3 Å². The SMILES string of the molecule is Cc1sc(CCNC(=O)CC2CC3CCC(C2)N3)nc1-c1ccccc1. The molecule has 0 spiro atoms.